The van der Waals surface area contributed by atoms with Crippen molar-refractivity contribution in [2.75, 3.05) is 18.1 Å². The average Bonchev–Trinajstić information content (AvgIpc) is 2.72. The predicted octanol–water partition coefficient (Wildman–Crippen LogP) is 2.77. The van der Waals surface area contributed by atoms with Crippen molar-refractivity contribution in [2.24, 2.45) is 5.92 Å². The van der Waals surface area contributed by atoms with E-state index in [-0.39, 0.29) is 0 Å². The highest BCUT2D eigenvalue weighted by molar-refractivity contribution is 7.99. The fraction of sp³-hybridized carbons (Fsp3) is 0.769. The molecular weight excluding hydrogens is 230 g/mol. The molecule has 0 atom stereocenters. The minimum atomic E-state index is 0.697. The number of aryl methyl sites for hydroxylation is 1. The third-order valence-corrected chi connectivity index (χ3v) is 3.44. The van der Waals surface area contributed by atoms with E-state index in [0.29, 0.717) is 5.92 Å². The summed E-state index contributed by atoms with van der Waals surface area (Å²) in [6.45, 7) is 9.67. The number of hydrogen-bond donors (Lipinski definition) is 1. The Hall–Kier alpha value is -0.480. The van der Waals surface area contributed by atoms with Crippen LogP contribution in [0.15, 0.2) is 12.5 Å². The van der Waals surface area contributed by atoms with Crippen LogP contribution < -0.4 is 5.32 Å². The van der Waals surface area contributed by atoms with Gasteiger partial charge in [0.05, 0.1) is 12.0 Å². The van der Waals surface area contributed by atoms with Gasteiger partial charge in [0.1, 0.15) is 0 Å². The molecule has 0 fully saturated rings. The van der Waals surface area contributed by atoms with Gasteiger partial charge in [-0.05, 0) is 30.4 Å². The Bertz CT molecular complexity index is 297. The molecule has 0 bridgehead atoms. The van der Waals surface area contributed by atoms with Crippen molar-refractivity contribution >= 4 is 11.8 Å². The first-order chi connectivity index (χ1) is 8.22. The Morgan fingerprint density at radius 2 is 2.29 bits per heavy atom. The lowest BCUT2D eigenvalue weighted by Gasteiger charge is -2.05. The van der Waals surface area contributed by atoms with Gasteiger partial charge in [-0.1, -0.05) is 20.8 Å². The number of nitrogens with one attached hydrogen (secondary N) is 1. The molecule has 0 saturated carbocycles. The van der Waals surface area contributed by atoms with E-state index >= 15 is 0 Å². The molecule has 1 aromatic heterocycles. The zero-order valence-corrected chi connectivity index (χ0v) is 12.1. The van der Waals surface area contributed by atoms with Crippen LogP contribution in [0.4, 0.5) is 0 Å². The number of rotatable bonds is 9. The maximum absolute atomic E-state index is 4.41. The van der Waals surface area contributed by atoms with Gasteiger partial charge in [-0.25, -0.2) is 4.98 Å². The highest BCUT2D eigenvalue weighted by Gasteiger charge is 1.99. The van der Waals surface area contributed by atoms with Gasteiger partial charge < -0.3 is 9.88 Å². The summed E-state index contributed by atoms with van der Waals surface area (Å²) < 4.78 is 2.20. The molecule has 3 nitrogen and oxygen atoms in total. The smallest absolute Gasteiger partial charge is 0.0949 e. The van der Waals surface area contributed by atoms with E-state index in [0.717, 1.165) is 25.3 Å². The summed E-state index contributed by atoms with van der Waals surface area (Å²) in [5.74, 6) is 3.16. The molecule has 0 aromatic carbocycles. The molecule has 0 saturated heterocycles. The van der Waals surface area contributed by atoms with Crippen molar-refractivity contribution in [2.45, 2.75) is 40.3 Å². The van der Waals surface area contributed by atoms with Crippen LogP contribution in [-0.2, 0) is 13.1 Å². The summed E-state index contributed by atoms with van der Waals surface area (Å²) in [5.41, 5.74) is 1.15. The summed E-state index contributed by atoms with van der Waals surface area (Å²) in [6.07, 6.45) is 5.33. The van der Waals surface area contributed by atoms with Gasteiger partial charge in [0.25, 0.3) is 0 Å². The van der Waals surface area contributed by atoms with Gasteiger partial charge in [-0.3, -0.25) is 0 Å². The quantitative estimate of drug-likeness (QED) is 0.688. The molecule has 1 N–H and O–H groups in total. The number of aromatic nitrogens is 2. The lowest BCUT2D eigenvalue weighted by Crippen LogP contribution is -2.19. The first-order valence-electron chi connectivity index (χ1n) is 6.51. The Balaban J connectivity index is 2.18. The van der Waals surface area contributed by atoms with Crippen LogP contribution in [0.2, 0.25) is 0 Å². The second-order valence-corrected chi connectivity index (χ2v) is 6.07. The van der Waals surface area contributed by atoms with Crippen molar-refractivity contribution < 1.29 is 0 Å². The van der Waals surface area contributed by atoms with Crippen LogP contribution in [-0.4, -0.2) is 27.6 Å². The van der Waals surface area contributed by atoms with Gasteiger partial charge >= 0.3 is 0 Å². The summed E-state index contributed by atoms with van der Waals surface area (Å²) in [6, 6.07) is 0. The van der Waals surface area contributed by atoms with E-state index in [4.69, 9.17) is 0 Å². The lowest BCUT2D eigenvalue weighted by atomic mass is 10.2. The molecule has 0 spiro atoms. The monoisotopic (exact) mass is 255 g/mol. The van der Waals surface area contributed by atoms with Gasteiger partial charge in [-0.2, -0.15) is 11.8 Å². The summed E-state index contributed by atoms with van der Waals surface area (Å²) in [4.78, 5) is 4.41. The molecule has 98 valence electrons. The van der Waals surface area contributed by atoms with Crippen LogP contribution in [0, 0.1) is 5.92 Å². The standard InChI is InChI=1S/C13H25N3S/c1-4-17-7-5-6-16-10-13(15-11-16)9-14-8-12(2)3/h10-12,14H,4-9H2,1-3H3. The Labute approximate surface area is 109 Å². The zero-order chi connectivity index (χ0) is 12.5. The lowest BCUT2D eigenvalue weighted by molar-refractivity contribution is 0.548. The third-order valence-electron chi connectivity index (χ3n) is 2.45. The van der Waals surface area contributed by atoms with E-state index in [1.54, 1.807) is 0 Å². The molecule has 0 unspecified atom stereocenters. The number of imidazole rings is 1. The second kappa shape index (κ2) is 8.59. The van der Waals surface area contributed by atoms with Crippen LogP contribution in [0.5, 0.6) is 0 Å². The van der Waals surface area contributed by atoms with Gasteiger partial charge in [0.15, 0.2) is 0 Å². The molecule has 17 heavy (non-hydrogen) atoms. The molecule has 0 radical (unpaired) electrons. The first kappa shape index (κ1) is 14.6. The largest absolute Gasteiger partial charge is 0.337 e. The summed E-state index contributed by atoms with van der Waals surface area (Å²) in [7, 11) is 0. The van der Waals surface area contributed by atoms with Crippen LogP contribution in [0.25, 0.3) is 0 Å². The number of nitrogens with zero attached hydrogens (tertiary/aromatic N) is 2. The average molecular weight is 255 g/mol. The normalized spacial score (nSPS) is 11.3. The minimum Gasteiger partial charge on any atom is -0.337 e. The second-order valence-electron chi connectivity index (χ2n) is 4.68. The van der Waals surface area contributed by atoms with E-state index in [1.165, 1.54) is 17.9 Å². The van der Waals surface area contributed by atoms with Crippen molar-refractivity contribution in [3.63, 3.8) is 0 Å². The summed E-state index contributed by atoms with van der Waals surface area (Å²) >= 11 is 2.01. The van der Waals surface area contributed by atoms with Gasteiger partial charge in [-0.15, -0.1) is 0 Å². The molecule has 1 heterocycles. The Morgan fingerprint density at radius 1 is 1.47 bits per heavy atom. The van der Waals surface area contributed by atoms with E-state index < -0.39 is 0 Å². The molecule has 0 aliphatic heterocycles. The maximum atomic E-state index is 4.41. The third kappa shape index (κ3) is 6.74. The molecule has 1 aromatic rings. The van der Waals surface area contributed by atoms with E-state index in [1.807, 2.05) is 18.1 Å². The zero-order valence-electron chi connectivity index (χ0n) is 11.3. The van der Waals surface area contributed by atoms with Crippen molar-refractivity contribution in [1.29, 1.82) is 0 Å². The first-order valence-corrected chi connectivity index (χ1v) is 7.67. The molecule has 0 amide bonds. The van der Waals surface area contributed by atoms with Gasteiger partial charge in [0, 0.05) is 19.3 Å². The Morgan fingerprint density at radius 3 is 3.00 bits per heavy atom. The SMILES string of the molecule is CCSCCCn1cnc(CNCC(C)C)c1. The van der Waals surface area contributed by atoms with E-state index in [9.17, 15) is 0 Å². The van der Waals surface area contributed by atoms with Crippen LogP contribution >= 0.6 is 11.8 Å². The topological polar surface area (TPSA) is 29.9 Å². The minimum absolute atomic E-state index is 0.697. The fourth-order valence-corrected chi connectivity index (χ4v) is 2.22. The van der Waals surface area contributed by atoms with Crippen molar-refractivity contribution in [3.8, 4) is 0 Å². The fourth-order valence-electron chi connectivity index (χ4n) is 1.60. The molecular formula is C13H25N3S. The van der Waals surface area contributed by atoms with Crippen molar-refractivity contribution in [3.05, 3.63) is 18.2 Å². The maximum Gasteiger partial charge on any atom is 0.0949 e. The van der Waals surface area contributed by atoms with Gasteiger partial charge in [0.2, 0.25) is 0 Å². The van der Waals surface area contributed by atoms with Crippen molar-refractivity contribution in [1.82, 2.24) is 14.9 Å². The highest BCUT2D eigenvalue weighted by atomic mass is 32.2. The van der Waals surface area contributed by atoms with Crippen LogP contribution in [0.1, 0.15) is 32.9 Å². The predicted molar refractivity (Wildman–Crippen MR) is 76.4 cm³/mol. The molecule has 0 aliphatic carbocycles. The van der Waals surface area contributed by atoms with Crippen LogP contribution in [0.3, 0.4) is 0 Å². The highest BCUT2D eigenvalue weighted by Crippen LogP contribution is 2.04. The van der Waals surface area contributed by atoms with E-state index in [2.05, 4.69) is 41.8 Å². The summed E-state index contributed by atoms with van der Waals surface area (Å²) in [5, 5.41) is 3.41. The molecule has 4 heteroatoms. The number of hydrogen-bond acceptors (Lipinski definition) is 3. The molecule has 0 aliphatic rings. The number of thioether (sulfide) groups is 1. The molecule has 1 rings (SSSR count). The Kier molecular flexibility index (Phi) is 7.37.